The van der Waals surface area contributed by atoms with Gasteiger partial charge < -0.3 is 35.5 Å². The predicted octanol–water partition coefficient (Wildman–Crippen LogP) is 6.34. The van der Waals surface area contributed by atoms with E-state index in [-0.39, 0.29) is 37.1 Å². The highest BCUT2D eigenvalue weighted by molar-refractivity contribution is 7.10. The molecule has 2 aromatic heterocycles. The lowest BCUT2D eigenvalue weighted by Crippen LogP contribution is -2.55. The molecule has 11 nitrogen and oxygen atoms in total. The summed E-state index contributed by atoms with van der Waals surface area (Å²) in [7, 11) is 2.15. The first-order valence-corrected chi connectivity index (χ1v) is 17.8. The van der Waals surface area contributed by atoms with E-state index in [0.717, 1.165) is 80.5 Å². The number of piperazine rings is 1. The number of thiophene rings is 1. The number of pyridine rings is 1. The number of aromatic hydroxyl groups is 1. The normalized spacial score (nSPS) is 17.8. The average molecular weight is 775 g/mol. The number of halogens is 6. The first-order chi connectivity index (χ1) is 25.1. The molecule has 4 heterocycles. The fourth-order valence-corrected chi connectivity index (χ4v) is 6.70. The standard InChI is InChI=1S/C23H37N5O3.C7H4F3NO.C5H3F3OS/c1-3-7-20-18(8-6-12-26(20)2)22(30)28-15-13-27(14-16-28)21-10-5-4-9-19(21)25-23(31)24-11-17-29;8-7(9,10)6-1-2-11-3-5(6)4-12;6-5(7,8)4-1-3(9)2-10-4/h4-5,9-10,18,20,29H,3,6-8,11-17H2,1-2H3,(H2,24,25,31);1-4H;1-2,9H. The molecule has 3 aromatic rings. The van der Waals surface area contributed by atoms with Gasteiger partial charge in [-0.1, -0.05) is 25.5 Å². The summed E-state index contributed by atoms with van der Waals surface area (Å²) >= 11 is 0.481. The van der Waals surface area contributed by atoms with Gasteiger partial charge in [0, 0.05) is 68.2 Å². The van der Waals surface area contributed by atoms with Crippen LogP contribution in [0.4, 0.5) is 42.5 Å². The second-order valence-corrected chi connectivity index (χ2v) is 13.2. The molecule has 2 atom stereocenters. The number of rotatable bonds is 8. The lowest BCUT2D eigenvalue weighted by atomic mass is 9.85. The Morgan fingerprint density at radius 3 is 2.28 bits per heavy atom. The van der Waals surface area contributed by atoms with Crippen LogP contribution in [0.2, 0.25) is 0 Å². The predicted molar refractivity (Wildman–Crippen MR) is 189 cm³/mol. The number of urea groups is 1. The zero-order valence-corrected chi connectivity index (χ0v) is 30.1. The largest absolute Gasteiger partial charge is 0.507 e. The number of piperidine rings is 1. The monoisotopic (exact) mass is 774 g/mol. The summed E-state index contributed by atoms with van der Waals surface area (Å²) in [6.07, 6.45) is -2.55. The van der Waals surface area contributed by atoms with Crippen molar-refractivity contribution in [3.63, 3.8) is 0 Å². The SMILES string of the molecule is CCCC1C(C(=O)N2CCN(c3ccccc3NC(=O)NCCO)CC2)CCCN1C.O=Cc1cnccc1C(F)(F)F.Oc1csc(C(F)(F)F)c1. The number of nitrogens with one attached hydrogen (secondary N) is 2. The second-order valence-electron chi connectivity index (χ2n) is 12.3. The number of carbonyl (C=O) groups is 3. The minimum absolute atomic E-state index is 0.0963. The molecule has 0 saturated carbocycles. The van der Waals surface area contributed by atoms with Crippen LogP contribution in [-0.4, -0.2) is 102 Å². The van der Waals surface area contributed by atoms with Gasteiger partial charge in [0.1, 0.15) is 10.6 Å². The Morgan fingerprint density at radius 2 is 1.74 bits per heavy atom. The molecule has 2 unspecified atom stereocenters. The van der Waals surface area contributed by atoms with Crippen molar-refractivity contribution in [3.05, 3.63) is 70.2 Å². The highest BCUT2D eigenvalue weighted by Gasteiger charge is 2.37. The number of nitrogens with zero attached hydrogens (tertiary/aromatic N) is 4. The molecule has 5 rings (SSSR count). The number of aliphatic hydroxyl groups excluding tert-OH is 1. The van der Waals surface area contributed by atoms with Gasteiger partial charge in [0.05, 0.1) is 29.5 Å². The molecule has 0 spiro atoms. The number of hydrogen-bond acceptors (Lipinski definition) is 9. The van der Waals surface area contributed by atoms with Crippen LogP contribution < -0.4 is 15.5 Å². The Bertz CT molecular complexity index is 1620. The fraction of sp³-hybridized carbons (Fsp3) is 0.486. The van der Waals surface area contributed by atoms with E-state index in [2.05, 4.69) is 39.4 Å². The Morgan fingerprint density at radius 1 is 1.04 bits per heavy atom. The van der Waals surface area contributed by atoms with Crippen molar-refractivity contribution in [2.75, 3.05) is 63.1 Å². The third-order valence-electron chi connectivity index (χ3n) is 8.59. The van der Waals surface area contributed by atoms with Crippen molar-refractivity contribution < 1.29 is 50.9 Å². The first kappa shape index (κ1) is 43.0. The first-order valence-electron chi connectivity index (χ1n) is 16.9. The number of carbonyl (C=O) groups excluding carboxylic acids is 3. The van der Waals surface area contributed by atoms with Crippen molar-refractivity contribution in [2.45, 2.75) is 51.0 Å². The Labute approximate surface area is 307 Å². The topological polar surface area (TPSA) is 138 Å². The van der Waals surface area contributed by atoms with Gasteiger partial charge in [-0.2, -0.15) is 26.3 Å². The van der Waals surface area contributed by atoms with Gasteiger partial charge in [-0.3, -0.25) is 14.6 Å². The minimum atomic E-state index is -4.49. The van der Waals surface area contributed by atoms with Crippen molar-refractivity contribution in [3.8, 4) is 5.75 Å². The van der Waals surface area contributed by atoms with Crippen LogP contribution in [0.25, 0.3) is 0 Å². The van der Waals surface area contributed by atoms with Gasteiger partial charge in [-0.15, -0.1) is 11.3 Å². The molecule has 53 heavy (non-hydrogen) atoms. The van der Waals surface area contributed by atoms with E-state index in [1.54, 1.807) is 0 Å². The molecule has 4 N–H and O–H groups in total. The zero-order valence-electron chi connectivity index (χ0n) is 29.3. The molecule has 2 fully saturated rings. The second kappa shape index (κ2) is 20.1. The van der Waals surface area contributed by atoms with Crippen molar-refractivity contribution in [2.24, 2.45) is 5.92 Å². The van der Waals surface area contributed by atoms with Gasteiger partial charge in [-0.25, -0.2) is 4.79 Å². The van der Waals surface area contributed by atoms with Crippen LogP contribution in [0, 0.1) is 5.92 Å². The van der Waals surface area contributed by atoms with E-state index in [1.165, 1.54) is 0 Å². The van der Waals surface area contributed by atoms with E-state index >= 15 is 0 Å². The molecule has 1 aromatic carbocycles. The Hall–Kier alpha value is -4.42. The van der Waals surface area contributed by atoms with E-state index in [4.69, 9.17) is 10.2 Å². The van der Waals surface area contributed by atoms with Crippen LogP contribution in [0.5, 0.6) is 5.75 Å². The maximum Gasteiger partial charge on any atom is 0.425 e. The molecule has 2 aliphatic rings. The highest BCUT2D eigenvalue weighted by Crippen LogP contribution is 2.36. The summed E-state index contributed by atoms with van der Waals surface area (Å²) in [6, 6.07) is 9.19. The maximum absolute atomic E-state index is 13.3. The summed E-state index contributed by atoms with van der Waals surface area (Å²) in [6.45, 7) is 6.26. The summed E-state index contributed by atoms with van der Waals surface area (Å²) in [5.41, 5.74) is 0.294. The van der Waals surface area contributed by atoms with Crippen LogP contribution in [0.3, 0.4) is 0 Å². The summed E-state index contributed by atoms with van der Waals surface area (Å²) in [5.74, 6) is 0.0752. The number of para-hydroxylation sites is 2. The van der Waals surface area contributed by atoms with E-state index < -0.39 is 28.4 Å². The molecule has 2 aliphatic heterocycles. The highest BCUT2D eigenvalue weighted by atomic mass is 32.1. The van der Waals surface area contributed by atoms with Crippen molar-refractivity contribution in [1.29, 1.82) is 0 Å². The number of hydrogen-bond donors (Lipinski definition) is 4. The van der Waals surface area contributed by atoms with Crippen molar-refractivity contribution in [1.82, 2.24) is 20.1 Å². The lowest BCUT2D eigenvalue weighted by molar-refractivity contribution is -0.140. The Balaban J connectivity index is 0.000000278. The molecule has 3 amide bonds. The average Bonchev–Trinajstić information content (AvgIpc) is 3.59. The molecular weight excluding hydrogens is 730 g/mol. The van der Waals surface area contributed by atoms with E-state index in [9.17, 15) is 40.7 Å². The molecule has 18 heteroatoms. The van der Waals surface area contributed by atoms with E-state index in [1.807, 2.05) is 29.2 Å². The van der Waals surface area contributed by atoms with Crippen LogP contribution >= 0.6 is 11.3 Å². The van der Waals surface area contributed by atoms with Crippen LogP contribution in [0.1, 0.15) is 53.4 Å². The number of benzene rings is 1. The zero-order chi connectivity index (χ0) is 39.2. The Kier molecular flexibility index (Phi) is 16.3. The maximum atomic E-state index is 13.3. The summed E-state index contributed by atoms with van der Waals surface area (Å²) in [4.78, 5) is 44.7. The molecular formula is C35H44F6N6O5S. The number of aliphatic hydroxyl groups is 1. The van der Waals surface area contributed by atoms with Gasteiger partial charge in [0.15, 0.2) is 6.29 Å². The number of aldehydes is 1. The van der Waals surface area contributed by atoms with E-state index in [0.29, 0.717) is 42.4 Å². The molecule has 292 valence electrons. The van der Waals surface area contributed by atoms with Gasteiger partial charge in [-0.05, 0) is 51.1 Å². The van der Waals surface area contributed by atoms with Gasteiger partial charge >= 0.3 is 18.4 Å². The summed E-state index contributed by atoms with van der Waals surface area (Å²) in [5, 5.41) is 23.9. The number of anilines is 2. The smallest absolute Gasteiger partial charge is 0.425 e. The molecule has 2 saturated heterocycles. The number of amides is 3. The lowest BCUT2D eigenvalue weighted by Gasteiger charge is -2.43. The van der Waals surface area contributed by atoms with Crippen molar-refractivity contribution >= 4 is 40.9 Å². The minimum Gasteiger partial charge on any atom is -0.507 e. The number of likely N-dealkylation sites (tertiary alicyclic amines) is 1. The van der Waals surface area contributed by atoms with Crippen LogP contribution in [0.15, 0.2) is 54.2 Å². The van der Waals surface area contributed by atoms with Gasteiger partial charge in [0.25, 0.3) is 0 Å². The number of aromatic nitrogens is 1. The third kappa shape index (κ3) is 12.9. The van der Waals surface area contributed by atoms with Gasteiger partial charge in [0.2, 0.25) is 5.91 Å². The fourth-order valence-electron chi connectivity index (χ4n) is 6.06. The molecule has 0 radical (unpaired) electrons. The molecule has 0 bridgehead atoms. The molecule has 0 aliphatic carbocycles. The quantitative estimate of drug-likeness (QED) is 0.154. The summed E-state index contributed by atoms with van der Waals surface area (Å²) < 4.78 is 71.2. The van der Waals surface area contributed by atoms with Crippen LogP contribution in [-0.2, 0) is 17.1 Å². The third-order valence-corrected chi connectivity index (χ3v) is 9.55. The number of alkyl halides is 6.